The van der Waals surface area contributed by atoms with Gasteiger partial charge in [0.2, 0.25) is 5.13 Å². The highest BCUT2D eigenvalue weighted by atomic mass is 32.1. The molecule has 0 radical (unpaired) electrons. The first-order valence-corrected chi connectivity index (χ1v) is 8.11. The Morgan fingerprint density at radius 3 is 2.89 bits per heavy atom. The lowest BCUT2D eigenvalue weighted by Crippen LogP contribution is -1.95. The van der Waals surface area contributed by atoms with Gasteiger partial charge in [-0.25, -0.2) is 4.98 Å². The normalized spacial score (nSPS) is 19.1. The summed E-state index contributed by atoms with van der Waals surface area (Å²) in [4.78, 5) is 5.87. The number of ether oxygens (including phenoxy) is 1. The van der Waals surface area contributed by atoms with Gasteiger partial charge in [0.25, 0.3) is 0 Å². The van der Waals surface area contributed by atoms with E-state index in [1.807, 2.05) is 0 Å². The van der Waals surface area contributed by atoms with Crippen LogP contribution in [0.5, 0.6) is 0 Å². The topological polar surface area (TPSA) is 73.9 Å². The highest BCUT2D eigenvalue weighted by Gasteiger charge is 2.24. The molecule has 0 spiro atoms. The van der Waals surface area contributed by atoms with Crippen molar-refractivity contribution in [1.82, 2.24) is 15.2 Å². The number of nitrogens with two attached hydrogens (primary N) is 1. The van der Waals surface area contributed by atoms with Gasteiger partial charge in [-0.3, -0.25) is 0 Å². The lowest BCUT2D eigenvalue weighted by Gasteiger charge is -2.03. The van der Waals surface area contributed by atoms with Crippen molar-refractivity contribution in [2.75, 3.05) is 12.3 Å². The molecule has 1 fully saturated rings. The van der Waals surface area contributed by atoms with Gasteiger partial charge < -0.3 is 10.5 Å². The second kappa shape index (κ2) is 5.52. The summed E-state index contributed by atoms with van der Waals surface area (Å²) in [5, 5.41) is 10.5. The summed E-state index contributed by atoms with van der Waals surface area (Å²) >= 11 is 3.10. The van der Waals surface area contributed by atoms with E-state index in [1.54, 1.807) is 11.3 Å². The minimum Gasteiger partial charge on any atom is -0.374 e. The quantitative estimate of drug-likeness (QED) is 0.938. The van der Waals surface area contributed by atoms with E-state index in [0.717, 1.165) is 52.9 Å². The molecule has 3 heterocycles. The Bertz CT molecular complexity index is 560. The summed E-state index contributed by atoms with van der Waals surface area (Å²) in [5.74, 6) is 0. The van der Waals surface area contributed by atoms with E-state index in [0.29, 0.717) is 5.13 Å². The molecule has 1 aliphatic rings. The Balaban J connectivity index is 1.96. The van der Waals surface area contributed by atoms with Crippen molar-refractivity contribution in [2.24, 2.45) is 0 Å². The van der Waals surface area contributed by atoms with E-state index >= 15 is 0 Å². The first-order valence-electron chi connectivity index (χ1n) is 6.48. The minimum atomic E-state index is 0.166. The molecule has 2 aromatic rings. The number of nitrogen functional groups attached to an aromatic ring is 1. The molecule has 5 nitrogen and oxygen atoms in total. The van der Waals surface area contributed by atoms with Crippen LogP contribution in [0.2, 0.25) is 0 Å². The molecule has 0 aromatic carbocycles. The number of aryl methyl sites for hydroxylation is 1. The largest absolute Gasteiger partial charge is 0.374 e. The lowest BCUT2D eigenvalue weighted by atomic mass is 10.2. The van der Waals surface area contributed by atoms with Gasteiger partial charge in [0.1, 0.15) is 11.1 Å². The first kappa shape index (κ1) is 13.0. The van der Waals surface area contributed by atoms with Gasteiger partial charge >= 0.3 is 0 Å². The summed E-state index contributed by atoms with van der Waals surface area (Å²) < 4.78 is 5.72. The van der Waals surface area contributed by atoms with Gasteiger partial charge in [-0.2, -0.15) is 0 Å². The second-order valence-corrected chi connectivity index (χ2v) is 6.56. The van der Waals surface area contributed by atoms with Crippen molar-refractivity contribution in [2.45, 2.75) is 38.7 Å². The monoisotopic (exact) mass is 296 g/mol. The summed E-state index contributed by atoms with van der Waals surface area (Å²) in [6.45, 7) is 3.00. The van der Waals surface area contributed by atoms with Crippen molar-refractivity contribution in [1.29, 1.82) is 0 Å². The van der Waals surface area contributed by atoms with Crippen LogP contribution in [0.15, 0.2) is 0 Å². The van der Waals surface area contributed by atoms with Crippen LogP contribution in [0, 0.1) is 0 Å². The molecule has 3 rings (SSSR count). The van der Waals surface area contributed by atoms with E-state index in [4.69, 9.17) is 15.5 Å². The Labute approximate surface area is 119 Å². The fraction of sp³-hybridized carbons (Fsp3) is 0.583. The molecule has 1 aliphatic heterocycles. The average molecular weight is 296 g/mol. The number of aromatic nitrogens is 3. The summed E-state index contributed by atoms with van der Waals surface area (Å²) in [6, 6.07) is 0. The number of rotatable bonds is 4. The highest BCUT2D eigenvalue weighted by Crippen LogP contribution is 2.39. The first-order chi connectivity index (χ1) is 9.28. The Kier molecular flexibility index (Phi) is 3.76. The van der Waals surface area contributed by atoms with E-state index < -0.39 is 0 Å². The predicted molar refractivity (Wildman–Crippen MR) is 77.4 cm³/mol. The number of nitrogens with zero attached hydrogens (tertiary/aromatic N) is 3. The molecule has 0 aliphatic carbocycles. The lowest BCUT2D eigenvalue weighted by molar-refractivity contribution is 0.111. The van der Waals surface area contributed by atoms with E-state index in [-0.39, 0.29) is 6.10 Å². The van der Waals surface area contributed by atoms with Crippen molar-refractivity contribution in [3.05, 3.63) is 10.7 Å². The number of thiazole rings is 1. The maximum absolute atomic E-state index is 5.72. The highest BCUT2D eigenvalue weighted by molar-refractivity contribution is 7.23. The third kappa shape index (κ3) is 2.63. The zero-order chi connectivity index (χ0) is 13.2. The standard InChI is InChI=1S/C12H16N4OS2/c1-2-4-7-9(11-15-16-12(13)19-11)18-10(14-7)8-5-3-6-17-8/h8H,2-6H2,1H3,(H2,13,16). The smallest absolute Gasteiger partial charge is 0.203 e. The van der Waals surface area contributed by atoms with Crippen LogP contribution < -0.4 is 5.73 Å². The fourth-order valence-corrected chi connectivity index (χ4v) is 4.08. The molecule has 7 heteroatoms. The molecular formula is C12H16N4OS2. The third-order valence-electron chi connectivity index (χ3n) is 3.04. The van der Waals surface area contributed by atoms with Crippen LogP contribution in [-0.2, 0) is 11.2 Å². The molecule has 2 N–H and O–H groups in total. The van der Waals surface area contributed by atoms with Crippen LogP contribution in [0.3, 0.4) is 0 Å². The summed E-state index contributed by atoms with van der Waals surface area (Å²) in [5.41, 5.74) is 6.78. The van der Waals surface area contributed by atoms with E-state index in [1.165, 1.54) is 11.3 Å². The van der Waals surface area contributed by atoms with Gasteiger partial charge in [0.15, 0.2) is 5.01 Å². The molecule has 1 saturated heterocycles. The van der Waals surface area contributed by atoms with Gasteiger partial charge in [-0.1, -0.05) is 24.7 Å². The Morgan fingerprint density at radius 1 is 1.37 bits per heavy atom. The molecule has 19 heavy (non-hydrogen) atoms. The van der Waals surface area contributed by atoms with Crippen molar-refractivity contribution in [3.63, 3.8) is 0 Å². The Morgan fingerprint density at radius 2 is 2.26 bits per heavy atom. The molecule has 0 amide bonds. The van der Waals surface area contributed by atoms with Gasteiger partial charge in [0.05, 0.1) is 10.6 Å². The van der Waals surface area contributed by atoms with Gasteiger partial charge in [-0.15, -0.1) is 21.5 Å². The molecule has 0 saturated carbocycles. The van der Waals surface area contributed by atoms with Gasteiger partial charge in [-0.05, 0) is 19.3 Å². The van der Waals surface area contributed by atoms with Crippen LogP contribution in [0.1, 0.15) is 43.0 Å². The maximum Gasteiger partial charge on any atom is 0.203 e. The molecule has 0 bridgehead atoms. The second-order valence-electron chi connectivity index (χ2n) is 4.53. The predicted octanol–water partition coefficient (Wildman–Crippen LogP) is 3.05. The summed E-state index contributed by atoms with van der Waals surface area (Å²) in [6.07, 6.45) is 4.37. The van der Waals surface area contributed by atoms with Crippen LogP contribution in [0.25, 0.3) is 9.88 Å². The zero-order valence-corrected chi connectivity index (χ0v) is 12.4. The summed E-state index contributed by atoms with van der Waals surface area (Å²) in [7, 11) is 0. The Hall–Kier alpha value is -1.05. The molecule has 1 atom stereocenters. The SMILES string of the molecule is CCCc1nc(C2CCCO2)sc1-c1nnc(N)s1. The van der Waals surface area contributed by atoms with Crippen molar-refractivity contribution >= 4 is 27.8 Å². The molecule has 2 aromatic heterocycles. The van der Waals surface area contributed by atoms with Crippen molar-refractivity contribution < 1.29 is 4.74 Å². The van der Waals surface area contributed by atoms with Crippen LogP contribution in [0.4, 0.5) is 5.13 Å². The third-order valence-corrected chi connectivity index (χ3v) is 5.14. The van der Waals surface area contributed by atoms with Crippen LogP contribution >= 0.6 is 22.7 Å². The maximum atomic E-state index is 5.72. The minimum absolute atomic E-state index is 0.166. The average Bonchev–Trinajstić information content (AvgIpc) is 3.08. The van der Waals surface area contributed by atoms with Gasteiger partial charge in [0, 0.05) is 6.61 Å². The van der Waals surface area contributed by atoms with Crippen LogP contribution in [-0.4, -0.2) is 21.8 Å². The molecular weight excluding hydrogens is 280 g/mol. The van der Waals surface area contributed by atoms with Crippen molar-refractivity contribution in [3.8, 4) is 9.88 Å². The number of hydrogen-bond donors (Lipinski definition) is 1. The van der Waals surface area contributed by atoms with E-state index in [9.17, 15) is 0 Å². The van der Waals surface area contributed by atoms with E-state index in [2.05, 4.69) is 17.1 Å². The zero-order valence-electron chi connectivity index (χ0n) is 10.8. The number of hydrogen-bond acceptors (Lipinski definition) is 7. The number of anilines is 1. The fourth-order valence-electron chi connectivity index (χ4n) is 2.18. The molecule has 1 unspecified atom stereocenters. The molecule has 102 valence electrons.